The summed E-state index contributed by atoms with van der Waals surface area (Å²) in [4.78, 5) is 65.5. The van der Waals surface area contributed by atoms with E-state index in [1.165, 1.54) is 12.1 Å². The highest BCUT2D eigenvalue weighted by Gasteiger charge is 2.32. The van der Waals surface area contributed by atoms with Crippen LogP contribution in [-0.4, -0.2) is 83.1 Å². The zero-order valence-electron chi connectivity index (χ0n) is 28.3. The lowest BCUT2D eigenvalue weighted by atomic mass is 9.99. The summed E-state index contributed by atoms with van der Waals surface area (Å²) >= 11 is 0. The number of phenolic OH excluding ortho intramolecular Hbond substituents is 1. The lowest BCUT2D eigenvalue weighted by molar-refractivity contribution is -0.143. The molecule has 12 N–H and O–H groups in total. The second-order valence-electron chi connectivity index (χ2n) is 12.9. The molecule has 0 saturated heterocycles. The molecule has 266 valence electrons. The number of phenols is 1. The molecular weight excluding hydrogens is 606 g/mol. The summed E-state index contributed by atoms with van der Waals surface area (Å²) in [5, 5.41) is 30.1. The Labute approximate surface area is 278 Å². The Morgan fingerprint density at radius 1 is 0.638 bits per heavy atom. The molecule has 0 fully saturated rings. The second kappa shape index (κ2) is 21.9. The van der Waals surface area contributed by atoms with Gasteiger partial charge in [-0.3, -0.25) is 19.2 Å². The van der Waals surface area contributed by atoms with Gasteiger partial charge in [0, 0.05) is 6.42 Å². The molecule has 0 aliphatic heterocycles. The van der Waals surface area contributed by atoms with Gasteiger partial charge in [0.2, 0.25) is 23.6 Å². The van der Waals surface area contributed by atoms with Gasteiger partial charge in [-0.05, 0) is 87.6 Å². The molecule has 14 heteroatoms. The Balaban J connectivity index is 3.29. The molecule has 14 nitrogen and oxygen atoms in total. The van der Waals surface area contributed by atoms with Gasteiger partial charge in [-0.15, -0.1) is 0 Å². The number of aliphatic carboxylic acids is 1. The normalized spacial score (nSPS) is 14.5. The van der Waals surface area contributed by atoms with Crippen molar-refractivity contribution in [3.63, 3.8) is 0 Å². The molecule has 0 radical (unpaired) electrons. The van der Waals surface area contributed by atoms with E-state index >= 15 is 0 Å². The standard InChI is InChI=1S/C33H57N7O7/c1-20(2)17-26(31(44)40-28(33(46)47)18-21(3)4)38-32(45)27(19-22-11-13-23(41)14-12-22)39-30(43)25(10-6-8-16-35)37-29(42)24(36)9-5-7-15-34/h11-14,20-21,24-28,41H,5-10,15-19,34-36H2,1-4H3,(H,37,42)(H,38,45)(H,39,43)(H,40,44)(H,46,47)/t24-,25-,26-,27-,28-/m0/s1. The van der Waals surface area contributed by atoms with Crippen molar-refractivity contribution >= 4 is 29.6 Å². The summed E-state index contributed by atoms with van der Waals surface area (Å²) < 4.78 is 0. The third kappa shape index (κ3) is 16.6. The number of unbranched alkanes of at least 4 members (excludes halogenated alkanes) is 2. The molecule has 0 saturated carbocycles. The molecular formula is C33H57N7O7. The summed E-state index contributed by atoms with van der Waals surface area (Å²) in [5.74, 6) is -3.64. The highest BCUT2D eigenvalue weighted by atomic mass is 16.4. The quantitative estimate of drug-likeness (QED) is 0.0739. The molecule has 1 aromatic carbocycles. The van der Waals surface area contributed by atoms with Crippen LogP contribution in [0.1, 0.15) is 84.6 Å². The lowest BCUT2D eigenvalue weighted by Gasteiger charge is -2.27. The number of hydrogen-bond acceptors (Lipinski definition) is 9. The van der Waals surface area contributed by atoms with E-state index in [0.29, 0.717) is 50.8 Å². The summed E-state index contributed by atoms with van der Waals surface area (Å²) in [5.41, 5.74) is 17.9. The predicted octanol–water partition coefficient (Wildman–Crippen LogP) is 0.636. The van der Waals surface area contributed by atoms with Crippen molar-refractivity contribution in [1.82, 2.24) is 21.3 Å². The third-order valence-electron chi connectivity index (χ3n) is 7.56. The van der Waals surface area contributed by atoms with Gasteiger partial charge in [-0.25, -0.2) is 4.79 Å². The minimum atomic E-state index is -1.19. The molecule has 0 aromatic heterocycles. The molecule has 1 rings (SSSR count). The van der Waals surface area contributed by atoms with Crippen LogP contribution in [0, 0.1) is 11.8 Å². The molecule has 5 atom stereocenters. The number of benzene rings is 1. The first-order chi connectivity index (χ1) is 22.2. The minimum absolute atomic E-state index is 0.00103. The van der Waals surface area contributed by atoms with Crippen LogP contribution < -0.4 is 38.5 Å². The zero-order chi connectivity index (χ0) is 35.5. The molecule has 4 amide bonds. The highest BCUT2D eigenvalue weighted by molar-refractivity contribution is 5.95. The van der Waals surface area contributed by atoms with Crippen LogP contribution in [0.5, 0.6) is 5.75 Å². The summed E-state index contributed by atoms with van der Waals surface area (Å²) in [6, 6.07) is 0.841. The highest BCUT2D eigenvalue weighted by Crippen LogP contribution is 2.14. The van der Waals surface area contributed by atoms with Crippen molar-refractivity contribution in [2.75, 3.05) is 13.1 Å². The number of carboxylic acids is 1. The van der Waals surface area contributed by atoms with E-state index in [1.807, 2.05) is 27.7 Å². The van der Waals surface area contributed by atoms with Crippen molar-refractivity contribution in [2.24, 2.45) is 29.0 Å². The first-order valence-electron chi connectivity index (χ1n) is 16.6. The van der Waals surface area contributed by atoms with Crippen LogP contribution in [0.4, 0.5) is 0 Å². The number of carbonyl (C=O) groups excluding carboxylic acids is 4. The number of rotatable bonds is 23. The Bertz CT molecular complexity index is 1130. The maximum atomic E-state index is 13.8. The Hall–Kier alpha value is -3.75. The SMILES string of the molecule is CC(C)C[C@H](NC(=O)[C@H](CC(C)C)NC(=O)[C@H](Cc1ccc(O)cc1)NC(=O)[C@H](CCCCN)NC(=O)[C@@H](N)CCCCN)C(=O)O. The zero-order valence-corrected chi connectivity index (χ0v) is 28.3. The van der Waals surface area contributed by atoms with Gasteiger partial charge in [0.15, 0.2) is 0 Å². The van der Waals surface area contributed by atoms with Crippen molar-refractivity contribution in [3.05, 3.63) is 29.8 Å². The van der Waals surface area contributed by atoms with E-state index in [1.54, 1.807) is 12.1 Å². The summed E-state index contributed by atoms with van der Waals surface area (Å²) in [6.45, 7) is 8.27. The van der Waals surface area contributed by atoms with E-state index in [9.17, 15) is 34.2 Å². The average molecular weight is 664 g/mol. The van der Waals surface area contributed by atoms with Crippen LogP contribution in [-0.2, 0) is 30.4 Å². The molecule has 1 aromatic rings. The Morgan fingerprint density at radius 3 is 1.62 bits per heavy atom. The largest absolute Gasteiger partial charge is 0.508 e. The molecule has 0 unspecified atom stereocenters. The van der Waals surface area contributed by atoms with E-state index in [0.717, 1.165) is 0 Å². The van der Waals surface area contributed by atoms with Gasteiger partial charge in [0.05, 0.1) is 6.04 Å². The molecule has 47 heavy (non-hydrogen) atoms. The van der Waals surface area contributed by atoms with Crippen LogP contribution >= 0.6 is 0 Å². The second-order valence-corrected chi connectivity index (χ2v) is 12.9. The maximum Gasteiger partial charge on any atom is 0.326 e. The number of carboxylic acid groups (broad SMARTS) is 1. The number of carbonyl (C=O) groups is 5. The van der Waals surface area contributed by atoms with E-state index in [-0.39, 0.29) is 43.3 Å². The van der Waals surface area contributed by atoms with Gasteiger partial charge < -0.3 is 48.7 Å². The van der Waals surface area contributed by atoms with Crippen LogP contribution in [0.25, 0.3) is 0 Å². The van der Waals surface area contributed by atoms with Gasteiger partial charge in [0.1, 0.15) is 29.9 Å². The van der Waals surface area contributed by atoms with Gasteiger partial charge in [0.25, 0.3) is 0 Å². The van der Waals surface area contributed by atoms with Crippen LogP contribution in [0.2, 0.25) is 0 Å². The molecule has 0 heterocycles. The minimum Gasteiger partial charge on any atom is -0.508 e. The van der Waals surface area contributed by atoms with Gasteiger partial charge in [-0.1, -0.05) is 46.2 Å². The first kappa shape index (κ1) is 41.3. The molecule has 0 spiro atoms. The number of nitrogens with two attached hydrogens (primary N) is 3. The monoisotopic (exact) mass is 663 g/mol. The number of nitrogens with one attached hydrogen (secondary N) is 4. The topological polar surface area (TPSA) is 252 Å². The van der Waals surface area contributed by atoms with Crippen molar-refractivity contribution < 1.29 is 34.2 Å². The average Bonchev–Trinajstić information content (AvgIpc) is 2.99. The van der Waals surface area contributed by atoms with E-state index < -0.39 is 59.8 Å². The molecule has 0 aliphatic carbocycles. The number of aromatic hydroxyl groups is 1. The molecule has 0 aliphatic rings. The van der Waals surface area contributed by atoms with Gasteiger partial charge in [-0.2, -0.15) is 0 Å². The van der Waals surface area contributed by atoms with Crippen molar-refractivity contribution in [1.29, 1.82) is 0 Å². The molecule has 0 bridgehead atoms. The fourth-order valence-corrected chi connectivity index (χ4v) is 4.97. The third-order valence-corrected chi connectivity index (χ3v) is 7.56. The van der Waals surface area contributed by atoms with E-state index in [2.05, 4.69) is 21.3 Å². The van der Waals surface area contributed by atoms with Gasteiger partial charge >= 0.3 is 5.97 Å². The first-order valence-corrected chi connectivity index (χ1v) is 16.6. The van der Waals surface area contributed by atoms with Crippen LogP contribution in [0.15, 0.2) is 24.3 Å². The smallest absolute Gasteiger partial charge is 0.326 e. The van der Waals surface area contributed by atoms with E-state index in [4.69, 9.17) is 17.2 Å². The Morgan fingerprint density at radius 2 is 1.09 bits per heavy atom. The summed E-state index contributed by atoms with van der Waals surface area (Å²) in [6.07, 6.45) is 3.57. The Kier molecular flexibility index (Phi) is 19.3. The number of hydrogen-bond donors (Lipinski definition) is 9. The number of amides is 4. The fraction of sp³-hybridized carbons (Fsp3) is 0.667. The van der Waals surface area contributed by atoms with Crippen molar-refractivity contribution in [3.8, 4) is 5.75 Å². The maximum absolute atomic E-state index is 13.8. The van der Waals surface area contributed by atoms with Crippen molar-refractivity contribution in [2.45, 2.75) is 116 Å². The predicted molar refractivity (Wildman–Crippen MR) is 180 cm³/mol. The summed E-state index contributed by atoms with van der Waals surface area (Å²) in [7, 11) is 0. The fourth-order valence-electron chi connectivity index (χ4n) is 4.97. The lowest BCUT2D eigenvalue weighted by Crippen LogP contribution is -2.59. The van der Waals surface area contributed by atoms with Crippen LogP contribution in [0.3, 0.4) is 0 Å².